The predicted octanol–water partition coefficient (Wildman–Crippen LogP) is 1.95. The molecule has 1 aliphatic rings. The molecule has 1 aromatic heterocycles. The average Bonchev–Trinajstić information content (AvgIpc) is 2.87. The summed E-state index contributed by atoms with van der Waals surface area (Å²) in [4.78, 5) is 12.1. The van der Waals surface area contributed by atoms with Crippen molar-refractivity contribution in [3.8, 4) is 0 Å². The summed E-state index contributed by atoms with van der Waals surface area (Å²) >= 11 is 0.199. The SMILES string of the molecule is O=c1c2ccccc2[se]n1C1CC=CC1. The van der Waals surface area contributed by atoms with Gasteiger partial charge in [0.25, 0.3) is 0 Å². The van der Waals surface area contributed by atoms with Gasteiger partial charge >= 0.3 is 93.6 Å². The van der Waals surface area contributed by atoms with Crippen molar-refractivity contribution in [1.82, 2.24) is 3.56 Å². The van der Waals surface area contributed by atoms with E-state index in [4.69, 9.17) is 0 Å². The van der Waals surface area contributed by atoms with Crippen LogP contribution in [-0.2, 0) is 0 Å². The fourth-order valence-electron chi connectivity index (χ4n) is 2.02. The maximum absolute atomic E-state index is 12.1. The van der Waals surface area contributed by atoms with E-state index in [9.17, 15) is 4.79 Å². The molecule has 0 saturated carbocycles. The Labute approximate surface area is 93.8 Å². The van der Waals surface area contributed by atoms with Crippen LogP contribution in [0.2, 0.25) is 0 Å². The quantitative estimate of drug-likeness (QED) is 0.570. The number of aromatic nitrogens is 1. The van der Waals surface area contributed by atoms with Gasteiger partial charge in [0.05, 0.1) is 0 Å². The number of hydrogen-bond acceptors (Lipinski definition) is 1. The molecule has 0 atom stereocenters. The number of benzene rings is 1. The van der Waals surface area contributed by atoms with E-state index in [-0.39, 0.29) is 20.3 Å². The van der Waals surface area contributed by atoms with Crippen LogP contribution < -0.4 is 5.56 Å². The molecule has 15 heavy (non-hydrogen) atoms. The molecule has 0 bridgehead atoms. The molecule has 0 amide bonds. The summed E-state index contributed by atoms with van der Waals surface area (Å²) in [6.45, 7) is 0. The van der Waals surface area contributed by atoms with E-state index in [0.717, 1.165) is 18.2 Å². The van der Waals surface area contributed by atoms with Crippen molar-refractivity contribution < 1.29 is 0 Å². The Morgan fingerprint density at radius 3 is 2.67 bits per heavy atom. The molecule has 0 aliphatic heterocycles. The molecule has 3 heteroatoms. The average molecular weight is 264 g/mol. The van der Waals surface area contributed by atoms with Gasteiger partial charge in [-0.1, -0.05) is 0 Å². The van der Waals surface area contributed by atoms with Gasteiger partial charge in [0.1, 0.15) is 0 Å². The van der Waals surface area contributed by atoms with Crippen LogP contribution in [-0.4, -0.2) is 18.3 Å². The van der Waals surface area contributed by atoms with Gasteiger partial charge in [-0.2, -0.15) is 0 Å². The molecule has 0 saturated heterocycles. The zero-order chi connectivity index (χ0) is 10.3. The third kappa shape index (κ3) is 1.43. The van der Waals surface area contributed by atoms with Crippen molar-refractivity contribution in [2.75, 3.05) is 0 Å². The first-order chi connectivity index (χ1) is 7.36. The van der Waals surface area contributed by atoms with Crippen LogP contribution in [0.4, 0.5) is 0 Å². The van der Waals surface area contributed by atoms with Gasteiger partial charge in [-0.3, -0.25) is 0 Å². The first kappa shape index (κ1) is 9.20. The predicted molar refractivity (Wildman–Crippen MR) is 62.6 cm³/mol. The molecule has 1 aromatic carbocycles. The first-order valence-electron chi connectivity index (χ1n) is 5.12. The van der Waals surface area contributed by atoms with Gasteiger partial charge in [-0.05, 0) is 0 Å². The summed E-state index contributed by atoms with van der Waals surface area (Å²) in [5.74, 6) is 0. The fraction of sp³-hybridized carbons (Fsp3) is 0.250. The Hall–Kier alpha value is -1.05. The molecule has 1 aliphatic carbocycles. The van der Waals surface area contributed by atoms with Gasteiger partial charge in [-0.25, -0.2) is 0 Å². The number of hydrogen-bond donors (Lipinski definition) is 0. The summed E-state index contributed by atoms with van der Waals surface area (Å²) < 4.78 is 3.31. The Morgan fingerprint density at radius 1 is 1.20 bits per heavy atom. The normalized spacial score (nSPS) is 16.5. The molecule has 2 nitrogen and oxygen atoms in total. The molecule has 1 heterocycles. The minimum absolute atomic E-state index is 0.199. The van der Waals surface area contributed by atoms with Gasteiger partial charge in [0.15, 0.2) is 0 Å². The van der Waals surface area contributed by atoms with Gasteiger partial charge < -0.3 is 0 Å². The zero-order valence-corrected chi connectivity index (χ0v) is 9.93. The van der Waals surface area contributed by atoms with Crippen LogP contribution in [0.15, 0.2) is 41.2 Å². The second-order valence-corrected chi connectivity index (χ2v) is 5.95. The monoisotopic (exact) mass is 265 g/mol. The molecular weight excluding hydrogens is 253 g/mol. The molecule has 0 radical (unpaired) electrons. The van der Waals surface area contributed by atoms with E-state index >= 15 is 0 Å². The summed E-state index contributed by atoms with van der Waals surface area (Å²) in [5.41, 5.74) is 0.235. The molecule has 0 unspecified atom stereocenters. The van der Waals surface area contributed by atoms with Crippen LogP contribution in [0.3, 0.4) is 0 Å². The van der Waals surface area contributed by atoms with Crippen LogP contribution in [0.25, 0.3) is 9.65 Å². The van der Waals surface area contributed by atoms with Gasteiger partial charge in [0.2, 0.25) is 0 Å². The Bertz CT molecular complexity index is 571. The van der Waals surface area contributed by atoms with E-state index in [1.807, 2.05) is 18.2 Å². The summed E-state index contributed by atoms with van der Waals surface area (Å²) in [5, 5.41) is 0.921. The Morgan fingerprint density at radius 2 is 1.93 bits per heavy atom. The van der Waals surface area contributed by atoms with Crippen LogP contribution in [0.1, 0.15) is 18.9 Å². The molecule has 76 valence electrons. The topological polar surface area (TPSA) is 22.0 Å². The number of fused-ring (bicyclic) bond motifs is 1. The minimum atomic E-state index is 0.199. The third-order valence-corrected chi connectivity index (χ3v) is 5.37. The molecule has 3 rings (SSSR count). The molecule has 0 fully saturated rings. The van der Waals surface area contributed by atoms with E-state index in [1.54, 1.807) is 0 Å². The van der Waals surface area contributed by atoms with Crippen molar-refractivity contribution in [2.24, 2.45) is 0 Å². The van der Waals surface area contributed by atoms with Gasteiger partial charge in [-0.15, -0.1) is 0 Å². The zero-order valence-electron chi connectivity index (χ0n) is 8.22. The summed E-state index contributed by atoms with van der Waals surface area (Å²) in [7, 11) is 0. The maximum atomic E-state index is 12.1. The van der Waals surface area contributed by atoms with Crippen LogP contribution in [0, 0.1) is 0 Å². The second-order valence-electron chi connectivity index (χ2n) is 3.82. The summed E-state index contributed by atoms with van der Waals surface area (Å²) in [6, 6.07) is 8.41. The fourth-order valence-corrected chi connectivity index (χ4v) is 4.35. The van der Waals surface area contributed by atoms with Crippen molar-refractivity contribution in [3.63, 3.8) is 0 Å². The standard InChI is InChI=1S/C12H11NOSe/c14-12-10-7-3-4-8-11(10)15-13(12)9-5-1-2-6-9/h1-4,7-9H,5-6H2. The first-order valence-corrected chi connectivity index (χ1v) is 6.74. The Balaban J connectivity index is 2.19. The second kappa shape index (κ2) is 3.51. The number of nitrogens with zero attached hydrogens (tertiary/aromatic N) is 1. The Kier molecular flexibility index (Phi) is 2.15. The van der Waals surface area contributed by atoms with E-state index < -0.39 is 0 Å². The van der Waals surface area contributed by atoms with Crippen molar-refractivity contribution in [3.05, 3.63) is 46.8 Å². The molecular formula is C12H11NOSe. The number of allylic oxidation sites excluding steroid dienone is 2. The van der Waals surface area contributed by atoms with Crippen LogP contribution in [0.5, 0.6) is 0 Å². The van der Waals surface area contributed by atoms with Crippen molar-refractivity contribution in [1.29, 1.82) is 0 Å². The third-order valence-electron chi connectivity index (χ3n) is 2.83. The van der Waals surface area contributed by atoms with E-state index in [1.165, 1.54) is 4.26 Å². The number of rotatable bonds is 1. The summed E-state index contributed by atoms with van der Waals surface area (Å²) in [6.07, 6.45) is 6.41. The van der Waals surface area contributed by atoms with Crippen molar-refractivity contribution >= 4 is 24.4 Å². The molecule has 0 N–H and O–H groups in total. The van der Waals surface area contributed by atoms with Crippen molar-refractivity contribution in [2.45, 2.75) is 18.9 Å². The van der Waals surface area contributed by atoms with E-state index in [2.05, 4.69) is 21.8 Å². The van der Waals surface area contributed by atoms with Crippen LogP contribution >= 0.6 is 0 Å². The van der Waals surface area contributed by atoms with E-state index in [0.29, 0.717) is 6.04 Å². The molecule has 0 spiro atoms. The molecule has 2 aromatic rings. The van der Waals surface area contributed by atoms with Gasteiger partial charge in [0, 0.05) is 0 Å².